The van der Waals surface area contributed by atoms with Crippen molar-refractivity contribution >= 4 is 78.0 Å². The van der Waals surface area contributed by atoms with Crippen LogP contribution in [-0.2, 0) is 16.2 Å². The highest BCUT2D eigenvalue weighted by molar-refractivity contribution is 7.33. The van der Waals surface area contributed by atoms with Gasteiger partial charge in [-0.05, 0) is 141 Å². The van der Waals surface area contributed by atoms with E-state index in [1.807, 2.05) is 11.3 Å². The molecule has 3 heterocycles. The van der Waals surface area contributed by atoms with Crippen LogP contribution in [0.1, 0.15) is 89.1 Å². The van der Waals surface area contributed by atoms with E-state index >= 15 is 0 Å². The Kier molecular flexibility index (Phi) is 7.72. The van der Waals surface area contributed by atoms with Crippen molar-refractivity contribution in [3.63, 3.8) is 0 Å². The second-order valence-corrected chi connectivity index (χ2v) is 20.2. The van der Waals surface area contributed by atoms with Crippen LogP contribution in [0, 0.1) is 13.8 Å². The van der Waals surface area contributed by atoms with Gasteiger partial charge in [-0.25, -0.2) is 0 Å². The fraction of sp³-hybridized carbons (Fsp3) is 0.269. The minimum Gasteiger partial charge on any atom is -0.311 e. The predicted molar refractivity (Wildman–Crippen MR) is 245 cm³/mol. The molecule has 2 nitrogen and oxygen atoms in total. The first kappa shape index (κ1) is 35.4. The normalized spacial score (nSPS) is 16.3. The average Bonchev–Trinajstić information content (AvgIpc) is 3.54. The van der Waals surface area contributed by atoms with Crippen molar-refractivity contribution in [3.8, 4) is 11.1 Å². The molecule has 0 fully saturated rings. The zero-order valence-corrected chi connectivity index (χ0v) is 35.2. The zero-order chi connectivity index (χ0) is 38.9. The lowest BCUT2D eigenvalue weighted by atomic mass is 9.35. The molecule has 10 rings (SSSR count). The summed E-state index contributed by atoms with van der Waals surface area (Å²) in [6, 6.07) is 46.7. The van der Waals surface area contributed by atoms with Gasteiger partial charge < -0.3 is 9.80 Å². The molecule has 0 radical (unpaired) electrons. The molecule has 4 heteroatoms. The van der Waals surface area contributed by atoms with Gasteiger partial charge >= 0.3 is 0 Å². The maximum atomic E-state index is 2.65. The number of anilines is 6. The van der Waals surface area contributed by atoms with Crippen LogP contribution in [0.15, 0.2) is 121 Å². The zero-order valence-electron chi connectivity index (χ0n) is 34.3. The van der Waals surface area contributed by atoms with E-state index in [0.717, 1.165) is 0 Å². The van der Waals surface area contributed by atoms with Crippen molar-refractivity contribution in [2.24, 2.45) is 0 Å². The average molecular weight is 747 g/mol. The Bertz CT molecular complexity index is 2690. The quantitative estimate of drug-likeness (QED) is 0.166. The van der Waals surface area contributed by atoms with Gasteiger partial charge in [0, 0.05) is 43.3 Å². The molecule has 0 unspecified atom stereocenters. The van der Waals surface area contributed by atoms with Gasteiger partial charge in [-0.2, -0.15) is 0 Å². The highest BCUT2D eigenvalue weighted by Crippen LogP contribution is 2.52. The maximum Gasteiger partial charge on any atom is 0.264 e. The molecule has 0 N–H and O–H groups in total. The third-order valence-electron chi connectivity index (χ3n) is 13.2. The predicted octanol–water partition coefficient (Wildman–Crippen LogP) is 12.9. The van der Waals surface area contributed by atoms with Crippen LogP contribution < -0.4 is 25.5 Å². The van der Waals surface area contributed by atoms with Gasteiger partial charge in [-0.15, -0.1) is 11.3 Å². The molecule has 2 aliphatic heterocycles. The third kappa shape index (κ3) is 5.36. The molecule has 3 aliphatic rings. The lowest BCUT2D eigenvalue weighted by Gasteiger charge is -2.47. The molecule has 0 amide bonds. The summed E-state index contributed by atoms with van der Waals surface area (Å²) in [6.45, 7) is 21.4. The first-order valence-corrected chi connectivity index (χ1v) is 21.2. The first-order valence-electron chi connectivity index (χ1n) is 20.4. The summed E-state index contributed by atoms with van der Waals surface area (Å²) in [5.41, 5.74) is 20.1. The second kappa shape index (κ2) is 12.2. The molecule has 56 heavy (non-hydrogen) atoms. The molecular weight excluding hydrogens is 695 g/mol. The van der Waals surface area contributed by atoms with Gasteiger partial charge in [-0.3, -0.25) is 0 Å². The third-order valence-corrected chi connectivity index (χ3v) is 14.4. The molecule has 0 spiro atoms. The van der Waals surface area contributed by atoms with Crippen molar-refractivity contribution in [1.29, 1.82) is 0 Å². The van der Waals surface area contributed by atoms with Gasteiger partial charge in [0.15, 0.2) is 0 Å². The monoisotopic (exact) mass is 746 g/mol. The summed E-state index contributed by atoms with van der Waals surface area (Å²) >= 11 is 2.00. The number of benzene rings is 6. The SMILES string of the molecule is Cc1cc2c3c(c1)N(c1ccc(C(C)(C)C)cc1)c1c(sc4cc(C)ccc14)B3c1cc3c(cc1N2c1ccc(-c2ccccc2)cc1)C(C)(C)CCC3(C)C. The van der Waals surface area contributed by atoms with Crippen molar-refractivity contribution in [3.05, 3.63) is 149 Å². The summed E-state index contributed by atoms with van der Waals surface area (Å²) in [6.07, 6.45) is 2.37. The Hall–Kier alpha value is -5.06. The highest BCUT2D eigenvalue weighted by Gasteiger charge is 2.47. The van der Waals surface area contributed by atoms with E-state index in [9.17, 15) is 0 Å². The number of hydrogen-bond donors (Lipinski definition) is 0. The van der Waals surface area contributed by atoms with Crippen LogP contribution >= 0.6 is 11.3 Å². The van der Waals surface area contributed by atoms with E-state index in [4.69, 9.17) is 0 Å². The molecule has 7 aromatic rings. The smallest absolute Gasteiger partial charge is 0.264 e. The standard InChI is InChI=1S/C52H51BN2S/c1-32-15-24-39-46(29-32)56-49-48(39)55(38-22-18-36(19-23-38)50(3,4)5)45-28-33(2)27-44-47(45)53(49)42-30-40-41(52(8,9)26-25-51(40,6)7)31-43(42)54(44)37-20-16-35(17-21-37)34-13-11-10-12-14-34/h10-24,27-31H,25-26H2,1-9H3. The molecule has 0 saturated heterocycles. The summed E-state index contributed by atoms with van der Waals surface area (Å²) in [7, 11) is 0. The number of thiophene rings is 1. The summed E-state index contributed by atoms with van der Waals surface area (Å²) in [5, 5.41) is 1.34. The van der Waals surface area contributed by atoms with E-state index in [1.165, 1.54) is 112 Å². The molecule has 1 aliphatic carbocycles. The minimum absolute atomic E-state index is 0.0769. The number of aryl methyl sites for hydroxylation is 2. The van der Waals surface area contributed by atoms with E-state index in [1.54, 1.807) is 0 Å². The molecule has 6 aromatic carbocycles. The number of nitrogens with zero attached hydrogens (tertiary/aromatic N) is 2. The van der Waals surface area contributed by atoms with Crippen molar-refractivity contribution in [1.82, 2.24) is 0 Å². The van der Waals surface area contributed by atoms with Gasteiger partial charge in [0.1, 0.15) is 0 Å². The van der Waals surface area contributed by atoms with E-state index in [-0.39, 0.29) is 23.0 Å². The second-order valence-electron chi connectivity index (χ2n) is 19.1. The Morgan fingerprint density at radius 2 is 1.18 bits per heavy atom. The van der Waals surface area contributed by atoms with E-state index < -0.39 is 0 Å². The maximum absolute atomic E-state index is 2.65. The Labute approximate surface area is 337 Å². The number of hydrogen-bond acceptors (Lipinski definition) is 3. The summed E-state index contributed by atoms with van der Waals surface area (Å²) < 4.78 is 2.80. The van der Waals surface area contributed by atoms with Gasteiger partial charge in [-0.1, -0.05) is 121 Å². The van der Waals surface area contributed by atoms with Gasteiger partial charge in [0.05, 0.1) is 5.69 Å². The van der Waals surface area contributed by atoms with Crippen LogP contribution in [-0.4, -0.2) is 6.71 Å². The van der Waals surface area contributed by atoms with Crippen LogP contribution in [0.4, 0.5) is 34.1 Å². The first-order chi connectivity index (χ1) is 26.7. The summed E-state index contributed by atoms with van der Waals surface area (Å²) in [4.78, 5) is 5.21. The minimum atomic E-state index is 0.0769. The Balaban J connectivity index is 1.29. The molecule has 278 valence electrons. The number of rotatable bonds is 3. The Morgan fingerprint density at radius 3 is 1.84 bits per heavy atom. The topological polar surface area (TPSA) is 6.48 Å². The van der Waals surface area contributed by atoms with Crippen LogP contribution in [0.2, 0.25) is 0 Å². The lowest BCUT2D eigenvalue weighted by Crippen LogP contribution is -2.61. The molecular formula is C52H51BN2S. The fourth-order valence-corrected chi connectivity index (χ4v) is 11.3. The molecule has 0 bridgehead atoms. The van der Waals surface area contributed by atoms with Crippen LogP contribution in [0.25, 0.3) is 21.2 Å². The van der Waals surface area contributed by atoms with Crippen molar-refractivity contribution < 1.29 is 0 Å². The van der Waals surface area contributed by atoms with Crippen molar-refractivity contribution in [2.75, 3.05) is 9.80 Å². The fourth-order valence-electron chi connectivity index (χ4n) is 9.87. The van der Waals surface area contributed by atoms with Gasteiger partial charge in [0.25, 0.3) is 6.71 Å². The molecule has 1 aromatic heterocycles. The van der Waals surface area contributed by atoms with Crippen molar-refractivity contribution in [2.45, 2.75) is 91.4 Å². The lowest BCUT2D eigenvalue weighted by molar-refractivity contribution is 0.332. The van der Waals surface area contributed by atoms with Crippen LogP contribution in [0.5, 0.6) is 0 Å². The van der Waals surface area contributed by atoms with Crippen LogP contribution in [0.3, 0.4) is 0 Å². The Morgan fingerprint density at radius 1 is 0.589 bits per heavy atom. The largest absolute Gasteiger partial charge is 0.311 e. The van der Waals surface area contributed by atoms with E-state index in [2.05, 4.69) is 193 Å². The van der Waals surface area contributed by atoms with E-state index in [0.29, 0.717) is 0 Å². The highest BCUT2D eigenvalue weighted by atomic mass is 32.1. The molecule has 0 atom stereocenters. The summed E-state index contributed by atoms with van der Waals surface area (Å²) in [5.74, 6) is 0. The number of fused-ring (bicyclic) bond motifs is 7. The van der Waals surface area contributed by atoms with Gasteiger partial charge in [0.2, 0.25) is 0 Å². The molecule has 0 saturated carbocycles.